The second-order valence-electron chi connectivity index (χ2n) is 4.89. The molecule has 0 bridgehead atoms. The van der Waals surface area contributed by atoms with Gasteiger partial charge in [0.2, 0.25) is 0 Å². The third-order valence-electron chi connectivity index (χ3n) is 3.38. The van der Waals surface area contributed by atoms with Crippen molar-refractivity contribution in [2.75, 3.05) is 29.9 Å². The van der Waals surface area contributed by atoms with Crippen LogP contribution in [0.1, 0.15) is 19.3 Å². The number of anilines is 2. The first-order chi connectivity index (χ1) is 10.2. The molecule has 6 nitrogen and oxygen atoms in total. The van der Waals surface area contributed by atoms with E-state index >= 15 is 0 Å². The zero-order valence-electron chi connectivity index (χ0n) is 11.8. The SMILES string of the molecule is N#CCNC(=O)C(=O)Nc1ccc(N2CCCCC2)cc1. The number of hydrogen-bond donors (Lipinski definition) is 2. The molecule has 110 valence electrons. The molecule has 2 rings (SSSR count). The predicted octanol–water partition coefficient (Wildman–Crippen LogP) is 1.26. The van der Waals surface area contributed by atoms with E-state index < -0.39 is 11.8 Å². The minimum absolute atomic E-state index is 0.180. The van der Waals surface area contributed by atoms with Gasteiger partial charge >= 0.3 is 11.8 Å². The minimum Gasteiger partial charge on any atom is -0.372 e. The van der Waals surface area contributed by atoms with Crippen molar-refractivity contribution in [3.05, 3.63) is 24.3 Å². The standard InChI is InChI=1S/C15H18N4O2/c16-8-9-17-14(20)15(21)18-12-4-6-13(7-5-12)19-10-2-1-3-11-19/h4-7H,1-3,9-11H2,(H,17,20)(H,18,21). The fourth-order valence-electron chi connectivity index (χ4n) is 2.30. The van der Waals surface area contributed by atoms with Crippen molar-refractivity contribution in [1.29, 1.82) is 5.26 Å². The molecule has 1 fully saturated rings. The molecule has 6 heteroatoms. The van der Waals surface area contributed by atoms with Gasteiger partial charge in [0.1, 0.15) is 6.54 Å². The molecule has 1 aromatic carbocycles. The van der Waals surface area contributed by atoms with Crippen molar-refractivity contribution >= 4 is 23.2 Å². The molecule has 0 radical (unpaired) electrons. The van der Waals surface area contributed by atoms with E-state index in [9.17, 15) is 9.59 Å². The number of amides is 2. The third kappa shape index (κ3) is 4.21. The summed E-state index contributed by atoms with van der Waals surface area (Å²) in [4.78, 5) is 25.2. The van der Waals surface area contributed by atoms with E-state index in [0.717, 1.165) is 18.8 Å². The average molecular weight is 286 g/mol. The predicted molar refractivity (Wildman–Crippen MR) is 79.8 cm³/mol. The van der Waals surface area contributed by atoms with Gasteiger partial charge in [-0.2, -0.15) is 5.26 Å². The Morgan fingerprint density at radius 3 is 2.38 bits per heavy atom. The molecule has 1 heterocycles. The van der Waals surface area contributed by atoms with Crippen LogP contribution in [-0.2, 0) is 9.59 Å². The topological polar surface area (TPSA) is 85.2 Å². The van der Waals surface area contributed by atoms with Gasteiger partial charge in [-0.3, -0.25) is 9.59 Å². The maximum atomic E-state index is 11.6. The Morgan fingerprint density at radius 1 is 1.10 bits per heavy atom. The van der Waals surface area contributed by atoms with Gasteiger partial charge in [0.25, 0.3) is 0 Å². The summed E-state index contributed by atoms with van der Waals surface area (Å²) in [6, 6.07) is 9.18. The molecule has 0 unspecified atom stereocenters. The number of nitrogens with one attached hydrogen (secondary N) is 2. The Bertz CT molecular complexity index is 542. The van der Waals surface area contributed by atoms with E-state index in [2.05, 4.69) is 15.5 Å². The highest BCUT2D eigenvalue weighted by molar-refractivity contribution is 6.39. The summed E-state index contributed by atoms with van der Waals surface area (Å²) in [6.45, 7) is 1.94. The smallest absolute Gasteiger partial charge is 0.313 e. The fraction of sp³-hybridized carbons (Fsp3) is 0.400. The van der Waals surface area contributed by atoms with E-state index in [-0.39, 0.29) is 6.54 Å². The molecule has 0 atom stereocenters. The summed E-state index contributed by atoms with van der Waals surface area (Å²) in [7, 11) is 0. The lowest BCUT2D eigenvalue weighted by Crippen LogP contribution is -2.35. The van der Waals surface area contributed by atoms with Crippen LogP contribution in [0.15, 0.2) is 24.3 Å². The van der Waals surface area contributed by atoms with Crippen LogP contribution in [0.25, 0.3) is 0 Å². The van der Waals surface area contributed by atoms with E-state index in [1.54, 1.807) is 18.2 Å². The minimum atomic E-state index is -0.809. The largest absolute Gasteiger partial charge is 0.372 e. The van der Waals surface area contributed by atoms with Crippen molar-refractivity contribution in [3.63, 3.8) is 0 Å². The molecular formula is C15H18N4O2. The van der Waals surface area contributed by atoms with E-state index in [4.69, 9.17) is 5.26 Å². The molecule has 1 aliphatic rings. The molecule has 0 spiro atoms. The number of piperidine rings is 1. The zero-order chi connectivity index (χ0) is 15.1. The Balaban J connectivity index is 1.91. The van der Waals surface area contributed by atoms with Crippen LogP contribution < -0.4 is 15.5 Å². The lowest BCUT2D eigenvalue weighted by molar-refractivity contribution is -0.136. The lowest BCUT2D eigenvalue weighted by Gasteiger charge is -2.28. The van der Waals surface area contributed by atoms with Crippen molar-refractivity contribution in [2.45, 2.75) is 19.3 Å². The normalized spacial score (nSPS) is 14.1. The Morgan fingerprint density at radius 2 is 1.76 bits per heavy atom. The number of carbonyl (C=O) groups is 2. The third-order valence-corrected chi connectivity index (χ3v) is 3.38. The number of nitrogens with zero attached hydrogens (tertiary/aromatic N) is 2. The van der Waals surface area contributed by atoms with Crippen LogP contribution in [0.2, 0.25) is 0 Å². The highest BCUT2D eigenvalue weighted by Crippen LogP contribution is 2.21. The maximum Gasteiger partial charge on any atom is 0.313 e. The van der Waals surface area contributed by atoms with Crippen LogP contribution in [-0.4, -0.2) is 31.4 Å². The van der Waals surface area contributed by atoms with Crippen LogP contribution in [0.3, 0.4) is 0 Å². The number of rotatable bonds is 3. The molecule has 21 heavy (non-hydrogen) atoms. The summed E-state index contributed by atoms with van der Waals surface area (Å²) < 4.78 is 0. The highest BCUT2D eigenvalue weighted by Gasteiger charge is 2.14. The van der Waals surface area contributed by atoms with Gasteiger partial charge in [-0.15, -0.1) is 0 Å². The van der Waals surface area contributed by atoms with Crippen molar-refractivity contribution in [2.24, 2.45) is 0 Å². The first-order valence-corrected chi connectivity index (χ1v) is 7.02. The summed E-state index contributed by atoms with van der Waals surface area (Å²) in [5, 5.41) is 13.0. The van der Waals surface area contributed by atoms with Gasteiger partial charge in [0.05, 0.1) is 6.07 Å². The van der Waals surface area contributed by atoms with Crippen molar-refractivity contribution in [1.82, 2.24) is 5.32 Å². The zero-order valence-corrected chi connectivity index (χ0v) is 11.8. The number of benzene rings is 1. The van der Waals surface area contributed by atoms with Gasteiger partial charge in [-0.1, -0.05) is 0 Å². The number of hydrogen-bond acceptors (Lipinski definition) is 4. The molecule has 1 aliphatic heterocycles. The van der Waals surface area contributed by atoms with Crippen LogP contribution in [0, 0.1) is 11.3 Å². The van der Waals surface area contributed by atoms with Gasteiger partial charge < -0.3 is 15.5 Å². The Hall–Kier alpha value is -2.55. The summed E-state index contributed by atoms with van der Waals surface area (Å²) in [5.74, 6) is -1.58. The second-order valence-corrected chi connectivity index (χ2v) is 4.89. The molecule has 2 amide bonds. The molecule has 1 saturated heterocycles. The first kappa shape index (κ1) is 14.9. The highest BCUT2D eigenvalue weighted by atomic mass is 16.2. The van der Waals surface area contributed by atoms with Crippen molar-refractivity contribution < 1.29 is 9.59 Å². The van der Waals surface area contributed by atoms with Gasteiger partial charge in [0.15, 0.2) is 0 Å². The molecule has 0 saturated carbocycles. The fourth-order valence-corrected chi connectivity index (χ4v) is 2.30. The molecule has 2 N–H and O–H groups in total. The van der Waals surface area contributed by atoms with Gasteiger partial charge in [-0.25, -0.2) is 0 Å². The molecule has 0 aliphatic carbocycles. The Kier molecular flexibility index (Phi) is 5.16. The summed E-state index contributed by atoms with van der Waals surface area (Å²) in [6.07, 6.45) is 3.69. The maximum absolute atomic E-state index is 11.6. The lowest BCUT2D eigenvalue weighted by atomic mass is 10.1. The monoisotopic (exact) mass is 286 g/mol. The van der Waals surface area contributed by atoms with Crippen LogP contribution >= 0.6 is 0 Å². The van der Waals surface area contributed by atoms with E-state index in [0.29, 0.717) is 5.69 Å². The van der Waals surface area contributed by atoms with Crippen LogP contribution in [0.4, 0.5) is 11.4 Å². The number of carbonyl (C=O) groups excluding carboxylic acids is 2. The summed E-state index contributed by atoms with van der Waals surface area (Å²) in [5.41, 5.74) is 1.69. The first-order valence-electron chi connectivity index (χ1n) is 7.02. The van der Waals surface area contributed by atoms with E-state index in [1.807, 2.05) is 12.1 Å². The van der Waals surface area contributed by atoms with Crippen molar-refractivity contribution in [3.8, 4) is 6.07 Å². The quantitative estimate of drug-likeness (QED) is 0.647. The molecule has 0 aromatic heterocycles. The van der Waals surface area contributed by atoms with E-state index in [1.165, 1.54) is 19.3 Å². The summed E-state index contributed by atoms with van der Waals surface area (Å²) >= 11 is 0. The average Bonchev–Trinajstić information content (AvgIpc) is 2.54. The van der Waals surface area contributed by atoms with Crippen LogP contribution in [0.5, 0.6) is 0 Å². The van der Waals surface area contributed by atoms with Gasteiger partial charge in [0, 0.05) is 24.5 Å². The van der Waals surface area contributed by atoms with Gasteiger partial charge in [-0.05, 0) is 43.5 Å². The molecule has 1 aromatic rings. The number of nitriles is 1. The Labute approximate surface area is 123 Å². The second kappa shape index (κ2) is 7.29. The molecular weight excluding hydrogens is 268 g/mol.